The number of hydrogen-bond acceptors (Lipinski definition) is 3. The number of carbonyl (C=O) groups is 2. The summed E-state index contributed by atoms with van der Waals surface area (Å²) < 4.78 is 13.4. The van der Waals surface area contributed by atoms with Gasteiger partial charge in [0.25, 0.3) is 5.91 Å². The third-order valence-electron chi connectivity index (χ3n) is 3.55. The topological polar surface area (TPSA) is 105 Å². The number of halogens is 1. The molecule has 5 N–H and O–H groups in total. The molecule has 0 saturated carbocycles. The first kappa shape index (κ1) is 14.7. The molecule has 0 fully saturated rings. The number of hydrazine groups is 1. The molecule has 0 saturated heterocycles. The minimum atomic E-state index is -0.706. The second kappa shape index (κ2) is 5.54. The van der Waals surface area contributed by atoms with Crippen LogP contribution in [0.25, 0.3) is 22.0 Å². The number of primary amides is 1. The molecule has 2 aromatic carbocycles. The monoisotopic (exact) mass is 312 g/mol. The van der Waals surface area contributed by atoms with Gasteiger partial charge in [0.15, 0.2) is 0 Å². The molecule has 0 radical (unpaired) electrons. The third kappa shape index (κ3) is 2.53. The van der Waals surface area contributed by atoms with E-state index in [0.717, 1.165) is 10.6 Å². The standard InChI is InChI=1S/C16H13FN4O2/c17-11-3-1-2-9(6-11)10-4-5-12-13(7-10)20-16(21(19)8-22)14(12)15(18)23/h1-8,20H,19H2,(H2,18,23). The van der Waals surface area contributed by atoms with Crippen molar-refractivity contribution < 1.29 is 14.0 Å². The highest BCUT2D eigenvalue weighted by Gasteiger charge is 2.19. The highest BCUT2D eigenvalue weighted by atomic mass is 19.1. The number of aromatic amines is 1. The number of benzene rings is 2. The molecular weight excluding hydrogens is 299 g/mol. The van der Waals surface area contributed by atoms with Crippen LogP contribution in [-0.4, -0.2) is 17.3 Å². The van der Waals surface area contributed by atoms with Crippen molar-refractivity contribution >= 4 is 29.0 Å². The lowest BCUT2D eigenvalue weighted by molar-refractivity contribution is -0.107. The van der Waals surface area contributed by atoms with E-state index >= 15 is 0 Å². The van der Waals surface area contributed by atoms with Crippen LogP contribution in [0.15, 0.2) is 42.5 Å². The number of fused-ring (bicyclic) bond motifs is 1. The van der Waals surface area contributed by atoms with Gasteiger partial charge in [0.1, 0.15) is 11.6 Å². The molecule has 2 amide bonds. The van der Waals surface area contributed by atoms with Crippen LogP contribution in [0.5, 0.6) is 0 Å². The van der Waals surface area contributed by atoms with Crippen LogP contribution in [0.4, 0.5) is 10.2 Å². The van der Waals surface area contributed by atoms with E-state index in [4.69, 9.17) is 11.6 Å². The van der Waals surface area contributed by atoms with Crippen LogP contribution in [0.3, 0.4) is 0 Å². The van der Waals surface area contributed by atoms with Crippen LogP contribution >= 0.6 is 0 Å². The molecule has 0 aliphatic heterocycles. The van der Waals surface area contributed by atoms with Crippen molar-refractivity contribution in [3.63, 3.8) is 0 Å². The molecule has 3 aromatic rings. The summed E-state index contributed by atoms with van der Waals surface area (Å²) >= 11 is 0. The first-order valence-electron chi connectivity index (χ1n) is 6.72. The fourth-order valence-corrected chi connectivity index (χ4v) is 2.53. The predicted molar refractivity (Wildman–Crippen MR) is 84.9 cm³/mol. The molecule has 23 heavy (non-hydrogen) atoms. The van der Waals surface area contributed by atoms with E-state index in [1.54, 1.807) is 30.3 Å². The van der Waals surface area contributed by atoms with E-state index in [1.165, 1.54) is 12.1 Å². The summed E-state index contributed by atoms with van der Waals surface area (Å²) in [4.78, 5) is 25.4. The summed E-state index contributed by atoms with van der Waals surface area (Å²) in [5.41, 5.74) is 7.50. The number of nitrogens with zero attached hydrogens (tertiary/aromatic N) is 1. The average Bonchev–Trinajstić information content (AvgIpc) is 2.92. The summed E-state index contributed by atoms with van der Waals surface area (Å²) in [6.07, 6.45) is 0.366. The smallest absolute Gasteiger partial charge is 0.253 e. The SMILES string of the molecule is NC(=O)c1c(N(N)C=O)[nH]c2cc(-c3cccc(F)c3)ccc12. The summed E-state index contributed by atoms with van der Waals surface area (Å²) in [6, 6.07) is 11.3. The maximum Gasteiger partial charge on any atom is 0.253 e. The lowest BCUT2D eigenvalue weighted by atomic mass is 10.0. The van der Waals surface area contributed by atoms with Gasteiger partial charge in [-0.1, -0.05) is 24.3 Å². The molecule has 7 heteroatoms. The summed E-state index contributed by atoms with van der Waals surface area (Å²) in [5, 5.41) is 1.28. The van der Waals surface area contributed by atoms with Crippen molar-refractivity contribution in [1.82, 2.24) is 4.98 Å². The van der Waals surface area contributed by atoms with Crippen molar-refractivity contribution in [3.8, 4) is 11.1 Å². The van der Waals surface area contributed by atoms with E-state index in [1.807, 2.05) is 0 Å². The lowest BCUT2D eigenvalue weighted by Crippen LogP contribution is -2.31. The van der Waals surface area contributed by atoms with Crippen molar-refractivity contribution in [2.24, 2.45) is 11.6 Å². The second-order valence-corrected chi connectivity index (χ2v) is 5.00. The van der Waals surface area contributed by atoms with E-state index in [2.05, 4.69) is 4.98 Å². The number of rotatable bonds is 4. The summed E-state index contributed by atoms with van der Waals surface area (Å²) in [5.74, 6) is 4.60. The summed E-state index contributed by atoms with van der Waals surface area (Å²) in [6.45, 7) is 0. The Morgan fingerprint density at radius 2 is 1.91 bits per heavy atom. The molecule has 6 nitrogen and oxygen atoms in total. The number of hydrogen-bond donors (Lipinski definition) is 3. The predicted octanol–water partition coefficient (Wildman–Crippen LogP) is 1.91. The van der Waals surface area contributed by atoms with Crippen molar-refractivity contribution in [2.45, 2.75) is 0 Å². The zero-order valence-electron chi connectivity index (χ0n) is 11.9. The Kier molecular flexibility index (Phi) is 3.55. The molecule has 0 spiro atoms. The van der Waals surface area contributed by atoms with Gasteiger partial charge in [-0.25, -0.2) is 15.2 Å². The average molecular weight is 312 g/mol. The number of nitrogens with two attached hydrogens (primary N) is 2. The van der Waals surface area contributed by atoms with Crippen LogP contribution in [-0.2, 0) is 4.79 Å². The molecule has 1 heterocycles. The Balaban J connectivity index is 2.21. The maximum atomic E-state index is 13.4. The number of H-pyrrole nitrogens is 1. The van der Waals surface area contributed by atoms with Crippen molar-refractivity contribution in [3.05, 3.63) is 53.8 Å². The normalized spacial score (nSPS) is 10.7. The zero-order chi connectivity index (χ0) is 16.6. The van der Waals surface area contributed by atoms with Crippen molar-refractivity contribution in [1.29, 1.82) is 0 Å². The molecule has 1 aromatic heterocycles. The number of aromatic nitrogens is 1. The lowest BCUT2D eigenvalue weighted by Gasteiger charge is -2.08. The Bertz CT molecular complexity index is 920. The maximum absolute atomic E-state index is 13.4. The number of amides is 2. The van der Waals surface area contributed by atoms with E-state index < -0.39 is 5.91 Å². The van der Waals surface area contributed by atoms with Crippen molar-refractivity contribution in [2.75, 3.05) is 5.01 Å². The van der Waals surface area contributed by atoms with Gasteiger partial charge in [0.05, 0.1) is 5.56 Å². The minimum absolute atomic E-state index is 0.110. The Morgan fingerprint density at radius 1 is 1.17 bits per heavy atom. The molecule has 116 valence electrons. The number of anilines is 1. The van der Waals surface area contributed by atoms with Crippen LogP contribution in [0, 0.1) is 5.82 Å². The minimum Gasteiger partial charge on any atom is -0.365 e. The molecule has 0 atom stereocenters. The number of carbonyl (C=O) groups excluding carboxylic acids is 2. The van der Waals surface area contributed by atoms with Gasteiger partial charge in [0, 0.05) is 10.9 Å². The van der Waals surface area contributed by atoms with Gasteiger partial charge in [-0.15, -0.1) is 0 Å². The Morgan fingerprint density at radius 3 is 2.57 bits per heavy atom. The molecule has 0 bridgehead atoms. The van der Waals surface area contributed by atoms with Crippen LogP contribution in [0.1, 0.15) is 10.4 Å². The zero-order valence-corrected chi connectivity index (χ0v) is 11.9. The van der Waals surface area contributed by atoms with E-state index in [9.17, 15) is 14.0 Å². The molecule has 0 aliphatic carbocycles. The fraction of sp³-hybridized carbons (Fsp3) is 0. The molecule has 0 unspecified atom stereocenters. The Labute approximate surface area is 130 Å². The molecule has 0 aliphatic rings. The van der Waals surface area contributed by atoms with Gasteiger partial charge < -0.3 is 10.7 Å². The second-order valence-electron chi connectivity index (χ2n) is 5.00. The highest BCUT2D eigenvalue weighted by molar-refractivity contribution is 6.12. The first-order chi connectivity index (χ1) is 11.0. The van der Waals surface area contributed by atoms with Gasteiger partial charge in [0.2, 0.25) is 6.41 Å². The summed E-state index contributed by atoms with van der Waals surface area (Å²) in [7, 11) is 0. The fourth-order valence-electron chi connectivity index (χ4n) is 2.53. The Hall–Kier alpha value is -3.19. The van der Waals surface area contributed by atoms with Crippen LogP contribution < -0.4 is 16.6 Å². The van der Waals surface area contributed by atoms with E-state index in [0.29, 0.717) is 22.9 Å². The van der Waals surface area contributed by atoms with Gasteiger partial charge in [-0.05, 0) is 29.3 Å². The number of nitrogens with one attached hydrogen (secondary N) is 1. The highest BCUT2D eigenvalue weighted by Crippen LogP contribution is 2.31. The molecule has 3 rings (SSSR count). The van der Waals surface area contributed by atoms with Gasteiger partial charge in [-0.2, -0.15) is 0 Å². The van der Waals surface area contributed by atoms with Gasteiger partial charge in [-0.3, -0.25) is 9.59 Å². The quantitative estimate of drug-likeness (QED) is 0.296. The van der Waals surface area contributed by atoms with Crippen LogP contribution in [0.2, 0.25) is 0 Å². The van der Waals surface area contributed by atoms with Gasteiger partial charge >= 0.3 is 0 Å². The van der Waals surface area contributed by atoms with E-state index in [-0.39, 0.29) is 17.2 Å². The molecular formula is C16H13FN4O2. The largest absolute Gasteiger partial charge is 0.365 e. The third-order valence-corrected chi connectivity index (χ3v) is 3.55. The first-order valence-corrected chi connectivity index (χ1v) is 6.72.